The van der Waals surface area contributed by atoms with Gasteiger partial charge in [-0.25, -0.2) is 8.42 Å². The third-order valence-electron chi connectivity index (χ3n) is 4.40. The van der Waals surface area contributed by atoms with E-state index < -0.39 is 27.1 Å². The van der Waals surface area contributed by atoms with Crippen LogP contribution < -0.4 is 5.32 Å². The molecular formula is C19H16NO6S-. The van der Waals surface area contributed by atoms with Gasteiger partial charge in [0.2, 0.25) is 5.91 Å². The van der Waals surface area contributed by atoms with E-state index in [1.165, 1.54) is 24.3 Å². The lowest BCUT2D eigenvalue weighted by atomic mass is 9.83. The predicted octanol–water partition coefficient (Wildman–Crippen LogP) is 2.11. The summed E-state index contributed by atoms with van der Waals surface area (Å²) in [4.78, 5) is 37.9. The van der Waals surface area contributed by atoms with Crippen molar-refractivity contribution in [3.63, 3.8) is 0 Å². The molecule has 3 rings (SSSR count). The fourth-order valence-corrected chi connectivity index (χ4v) is 3.98. The molecule has 0 saturated heterocycles. The van der Waals surface area contributed by atoms with E-state index in [9.17, 15) is 27.4 Å². The Morgan fingerprint density at radius 3 is 2.19 bits per heavy atom. The van der Waals surface area contributed by atoms with Gasteiger partial charge in [0.15, 0.2) is 11.6 Å². The zero-order valence-electron chi connectivity index (χ0n) is 14.4. The molecule has 0 spiro atoms. The van der Waals surface area contributed by atoms with Crippen molar-refractivity contribution >= 4 is 33.3 Å². The van der Waals surface area contributed by atoms with Crippen LogP contribution in [0.4, 0.5) is 5.69 Å². The summed E-state index contributed by atoms with van der Waals surface area (Å²) in [5.41, 5.74) is 0.597. The summed E-state index contributed by atoms with van der Waals surface area (Å²) in [6.45, 7) is 1.65. The van der Waals surface area contributed by atoms with Crippen molar-refractivity contribution < 1.29 is 27.4 Å². The Bertz CT molecular complexity index is 1060. The van der Waals surface area contributed by atoms with E-state index in [1.54, 1.807) is 25.1 Å². The minimum absolute atomic E-state index is 0.00639. The first-order valence-electron chi connectivity index (χ1n) is 8.32. The Balaban J connectivity index is 2.04. The number of ketones is 2. The molecule has 0 heterocycles. The van der Waals surface area contributed by atoms with Gasteiger partial charge in [0.05, 0.1) is 11.3 Å². The lowest BCUT2D eigenvalue weighted by Crippen LogP contribution is -2.35. The fourth-order valence-electron chi connectivity index (χ4n) is 3.13. The lowest BCUT2D eigenvalue weighted by Gasteiger charge is -2.23. The van der Waals surface area contributed by atoms with Gasteiger partial charge in [-0.15, -0.1) is 0 Å². The van der Waals surface area contributed by atoms with E-state index in [0.29, 0.717) is 6.42 Å². The van der Waals surface area contributed by atoms with Gasteiger partial charge < -0.3 is 9.87 Å². The molecule has 27 heavy (non-hydrogen) atoms. The highest BCUT2D eigenvalue weighted by molar-refractivity contribution is 7.87. The van der Waals surface area contributed by atoms with Crippen molar-refractivity contribution in [2.24, 2.45) is 0 Å². The number of rotatable bonds is 5. The average molecular weight is 386 g/mol. The first kappa shape index (κ1) is 18.9. The zero-order valence-corrected chi connectivity index (χ0v) is 15.2. The second-order valence-electron chi connectivity index (χ2n) is 6.19. The highest BCUT2D eigenvalue weighted by Crippen LogP contribution is 2.32. The minimum atomic E-state index is -4.85. The molecule has 140 valence electrons. The molecule has 1 N–H and O–H groups in total. The van der Waals surface area contributed by atoms with Crippen LogP contribution in [-0.2, 0) is 14.9 Å². The molecule has 0 saturated carbocycles. The van der Waals surface area contributed by atoms with Gasteiger partial charge in [-0.3, -0.25) is 14.4 Å². The van der Waals surface area contributed by atoms with Crippen LogP contribution >= 0.6 is 0 Å². The predicted molar refractivity (Wildman–Crippen MR) is 96.8 cm³/mol. The Hall–Kier alpha value is -2.84. The number of hydrogen-bond acceptors (Lipinski definition) is 6. The number of carbonyl (C=O) groups excluding carboxylic acids is 3. The highest BCUT2D eigenvalue weighted by atomic mass is 32.2. The van der Waals surface area contributed by atoms with Crippen LogP contribution in [-0.4, -0.2) is 35.7 Å². The number of benzene rings is 2. The summed E-state index contributed by atoms with van der Waals surface area (Å²) in [5, 5.41) is 0.588. The van der Waals surface area contributed by atoms with E-state index in [1.807, 2.05) is 0 Å². The maximum atomic E-state index is 12.9. The Morgan fingerprint density at radius 2 is 1.59 bits per heavy atom. The number of hydrogen-bond donors (Lipinski definition) is 1. The summed E-state index contributed by atoms with van der Waals surface area (Å²) in [6, 6.07) is 10.7. The first-order valence-corrected chi connectivity index (χ1v) is 9.79. The largest absolute Gasteiger partial charge is 0.747 e. The van der Waals surface area contributed by atoms with Crippen LogP contribution in [0.5, 0.6) is 0 Å². The van der Waals surface area contributed by atoms with E-state index in [4.69, 9.17) is 0 Å². The number of carbonyl (C=O) groups is 3. The fraction of sp³-hybridized carbons (Fsp3) is 0.211. The van der Waals surface area contributed by atoms with Crippen LogP contribution in [0.3, 0.4) is 0 Å². The van der Waals surface area contributed by atoms with Gasteiger partial charge in [-0.05, 0) is 12.5 Å². The van der Waals surface area contributed by atoms with Crippen LogP contribution in [0, 0.1) is 0 Å². The quantitative estimate of drug-likeness (QED) is 0.671. The molecule has 2 aromatic carbocycles. The molecule has 0 bridgehead atoms. The summed E-state index contributed by atoms with van der Waals surface area (Å²) < 4.78 is 34.2. The molecule has 1 atom stereocenters. The van der Waals surface area contributed by atoms with Gasteiger partial charge in [-0.1, -0.05) is 49.7 Å². The molecule has 7 nitrogen and oxygen atoms in total. The third-order valence-corrected chi connectivity index (χ3v) is 5.55. The van der Waals surface area contributed by atoms with Gasteiger partial charge in [0, 0.05) is 16.7 Å². The van der Waals surface area contributed by atoms with E-state index in [-0.39, 0.29) is 40.1 Å². The van der Waals surface area contributed by atoms with Gasteiger partial charge >= 0.3 is 0 Å². The molecule has 0 aromatic heterocycles. The first-order chi connectivity index (χ1) is 12.8. The van der Waals surface area contributed by atoms with Gasteiger partial charge in [0.1, 0.15) is 15.4 Å². The standard InChI is InChI=1S/C19H17NO6S/c1-2-6-15(27(24,25)26)19(23)20-14-10-5-9-13-16(14)18(22)12-8-4-3-7-11(12)17(13)21/h3-5,7-10,15H,2,6H2,1H3,(H,20,23)(H,24,25,26)/p-1/t15-/m0/s1. The Morgan fingerprint density at radius 1 is 1.00 bits per heavy atom. The van der Waals surface area contributed by atoms with Crippen molar-refractivity contribution in [2.75, 3.05) is 5.32 Å². The van der Waals surface area contributed by atoms with Gasteiger partial charge in [0.25, 0.3) is 0 Å². The van der Waals surface area contributed by atoms with Crippen molar-refractivity contribution in [2.45, 2.75) is 25.0 Å². The van der Waals surface area contributed by atoms with E-state index >= 15 is 0 Å². The average Bonchev–Trinajstić information content (AvgIpc) is 2.63. The molecule has 0 fully saturated rings. The maximum Gasteiger partial charge on any atom is 0.241 e. The van der Waals surface area contributed by atoms with E-state index in [0.717, 1.165) is 0 Å². The third kappa shape index (κ3) is 3.41. The molecule has 0 aliphatic heterocycles. The molecule has 1 amide bonds. The topological polar surface area (TPSA) is 120 Å². The monoisotopic (exact) mass is 386 g/mol. The molecular weight excluding hydrogens is 370 g/mol. The number of fused-ring (bicyclic) bond motifs is 2. The SMILES string of the molecule is CCC[C@@H](C(=O)Nc1cccc2c1C(=O)c1ccccc1C2=O)S(=O)(=O)[O-]. The maximum absolute atomic E-state index is 12.9. The molecule has 1 aliphatic rings. The van der Waals surface area contributed by atoms with Crippen molar-refractivity contribution in [1.29, 1.82) is 0 Å². The lowest BCUT2D eigenvalue weighted by molar-refractivity contribution is -0.116. The summed E-state index contributed by atoms with van der Waals surface area (Å²) in [7, 11) is -4.85. The number of nitrogens with one attached hydrogen (secondary N) is 1. The Labute approximate surface area is 156 Å². The summed E-state index contributed by atoms with van der Waals surface area (Å²) in [6.07, 6.45) is 0.180. The van der Waals surface area contributed by atoms with Crippen molar-refractivity contribution in [3.05, 3.63) is 64.7 Å². The second-order valence-corrected chi connectivity index (χ2v) is 7.75. The Kier molecular flexibility index (Phi) is 4.95. The normalized spacial score (nSPS) is 14.3. The molecule has 0 radical (unpaired) electrons. The van der Waals surface area contributed by atoms with Crippen LogP contribution in [0.2, 0.25) is 0 Å². The smallest absolute Gasteiger partial charge is 0.241 e. The van der Waals surface area contributed by atoms with Crippen LogP contribution in [0.1, 0.15) is 51.6 Å². The van der Waals surface area contributed by atoms with Crippen LogP contribution in [0.15, 0.2) is 42.5 Å². The highest BCUT2D eigenvalue weighted by Gasteiger charge is 2.33. The summed E-state index contributed by atoms with van der Waals surface area (Å²) >= 11 is 0. The molecule has 2 aromatic rings. The van der Waals surface area contributed by atoms with Crippen LogP contribution in [0.25, 0.3) is 0 Å². The summed E-state index contributed by atoms with van der Waals surface area (Å²) in [5.74, 6) is -1.83. The zero-order chi connectivity index (χ0) is 19.8. The van der Waals surface area contributed by atoms with Crippen molar-refractivity contribution in [3.8, 4) is 0 Å². The molecule has 8 heteroatoms. The minimum Gasteiger partial charge on any atom is -0.747 e. The number of amides is 1. The molecule has 1 aliphatic carbocycles. The van der Waals surface area contributed by atoms with Gasteiger partial charge in [-0.2, -0.15) is 0 Å². The number of anilines is 1. The second kappa shape index (κ2) is 7.05. The van der Waals surface area contributed by atoms with E-state index in [2.05, 4.69) is 5.32 Å². The molecule has 0 unspecified atom stereocenters. The van der Waals surface area contributed by atoms with Crippen molar-refractivity contribution in [1.82, 2.24) is 0 Å².